The summed E-state index contributed by atoms with van der Waals surface area (Å²) < 4.78 is 59.5. The van der Waals surface area contributed by atoms with E-state index in [1.807, 2.05) is 177 Å². The Labute approximate surface area is 406 Å². The van der Waals surface area contributed by atoms with Crippen LogP contribution in [0.2, 0.25) is 0 Å². The zero-order valence-corrected chi connectivity index (χ0v) is 39.6. The molecule has 1 atom stereocenters. The fraction of sp³-hybridized carbons (Fsp3) is 0.161. The van der Waals surface area contributed by atoms with Gasteiger partial charge in [0, 0.05) is 0 Å². The summed E-state index contributed by atoms with van der Waals surface area (Å²) in [6.07, 6.45) is 0.445. The molecule has 354 valence electrons. The van der Waals surface area contributed by atoms with Gasteiger partial charge in [0.15, 0.2) is 11.2 Å². The number of imidazole rings is 1. The minimum absolute atomic E-state index is 0.000279. The van der Waals surface area contributed by atoms with E-state index in [4.69, 9.17) is 28.1 Å². The number of methoxy groups -OCH3 is 2. The molecule has 2 heterocycles. The minimum Gasteiger partial charge on any atom is -0.497 e. The monoisotopic (exact) mass is 953 g/mol. The van der Waals surface area contributed by atoms with E-state index in [0.29, 0.717) is 11.5 Å². The Morgan fingerprint density at radius 1 is 0.614 bits per heavy atom. The topological polar surface area (TPSA) is 156 Å². The van der Waals surface area contributed by atoms with Crippen LogP contribution >= 0.6 is 0 Å². The first-order chi connectivity index (χ1) is 34.1. The van der Waals surface area contributed by atoms with E-state index in [-0.39, 0.29) is 35.3 Å². The second-order valence-corrected chi connectivity index (χ2v) is 18.2. The maximum absolute atomic E-state index is 14.0. The third kappa shape index (κ3) is 9.71. The lowest BCUT2D eigenvalue weighted by Gasteiger charge is -2.37. The van der Waals surface area contributed by atoms with Crippen molar-refractivity contribution in [2.24, 2.45) is 0 Å². The number of ether oxygens (including phenoxy) is 4. The molecule has 0 aliphatic carbocycles. The SMILES string of the molecule is COc1ccc(C(Nc2nc3c(ncn3COC(COC(c3ccccc3)(c3ccccc3)c3ccc(OC)cc3)COS(=O)(=O)c3ccc(C)cc3)c(=O)[nH]2)(c2ccccc2)c2ccccc2)cc1. The van der Waals surface area contributed by atoms with Crippen molar-refractivity contribution in [1.82, 2.24) is 19.5 Å². The number of aryl methyl sites for hydroxylation is 1. The molecule has 0 aliphatic rings. The van der Waals surface area contributed by atoms with E-state index in [1.165, 1.54) is 18.5 Å². The number of nitrogens with zero attached hydrogens (tertiary/aromatic N) is 3. The van der Waals surface area contributed by atoms with Gasteiger partial charge >= 0.3 is 0 Å². The number of aromatic nitrogens is 4. The molecule has 1 unspecified atom stereocenters. The summed E-state index contributed by atoms with van der Waals surface area (Å²) in [5, 5.41) is 3.64. The number of benzene rings is 7. The predicted molar refractivity (Wildman–Crippen MR) is 268 cm³/mol. The van der Waals surface area contributed by atoms with Gasteiger partial charge < -0.3 is 24.3 Å². The average Bonchev–Trinajstić information content (AvgIpc) is 3.83. The molecule has 0 amide bonds. The summed E-state index contributed by atoms with van der Waals surface area (Å²) in [7, 11) is -1.01. The molecule has 0 aliphatic heterocycles. The van der Waals surface area contributed by atoms with Gasteiger partial charge in [0.2, 0.25) is 5.95 Å². The molecule has 7 aromatic carbocycles. The van der Waals surface area contributed by atoms with E-state index in [0.717, 1.165) is 38.9 Å². The number of fused-ring (bicyclic) bond motifs is 1. The van der Waals surface area contributed by atoms with Crippen LogP contribution in [0.5, 0.6) is 11.5 Å². The standard InChI is InChI=1S/C56H51N5O8S/c1-40-24-34-50(35-25-40)70(63,64)69-37-49(36-68-56(44-20-12-6-13-21-44,45-22-14-7-15-23-45)46-28-32-48(66-3)33-29-46)67-39-61-38-57-51-52(61)58-54(59-53(51)62)60-55(41-16-8-4-9-17-41,42-18-10-5-11-19-42)43-26-30-47(65-2)31-27-43/h4-35,38,49H,36-37,39H2,1-3H3,(H2,58,59,60,62). The van der Waals surface area contributed by atoms with Crippen molar-refractivity contribution in [3.8, 4) is 11.5 Å². The highest BCUT2D eigenvalue weighted by atomic mass is 32.2. The lowest BCUT2D eigenvalue weighted by molar-refractivity contribution is -0.0932. The maximum Gasteiger partial charge on any atom is 0.297 e. The molecular weight excluding hydrogens is 903 g/mol. The van der Waals surface area contributed by atoms with Gasteiger partial charge in [0.05, 0.1) is 38.7 Å². The van der Waals surface area contributed by atoms with Gasteiger partial charge in [-0.1, -0.05) is 163 Å². The van der Waals surface area contributed by atoms with Crippen LogP contribution in [0.25, 0.3) is 11.2 Å². The van der Waals surface area contributed by atoms with Crippen molar-refractivity contribution in [1.29, 1.82) is 0 Å². The summed E-state index contributed by atoms with van der Waals surface area (Å²) in [6.45, 7) is 1.07. The lowest BCUT2D eigenvalue weighted by atomic mass is 9.77. The zero-order valence-electron chi connectivity index (χ0n) is 38.8. The van der Waals surface area contributed by atoms with Crippen LogP contribution in [-0.2, 0) is 41.6 Å². The quantitative estimate of drug-likeness (QED) is 0.0554. The minimum atomic E-state index is -4.24. The van der Waals surface area contributed by atoms with Gasteiger partial charge in [0.1, 0.15) is 35.5 Å². The first-order valence-electron chi connectivity index (χ1n) is 22.6. The molecule has 2 N–H and O–H groups in total. The van der Waals surface area contributed by atoms with E-state index < -0.39 is 39.5 Å². The van der Waals surface area contributed by atoms with Gasteiger partial charge in [-0.2, -0.15) is 13.4 Å². The number of hydrogen-bond donors (Lipinski definition) is 2. The molecule has 70 heavy (non-hydrogen) atoms. The van der Waals surface area contributed by atoms with Crippen molar-refractivity contribution >= 4 is 27.2 Å². The first-order valence-corrected chi connectivity index (χ1v) is 24.0. The Bertz CT molecular complexity index is 3220. The van der Waals surface area contributed by atoms with Crippen molar-refractivity contribution in [3.63, 3.8) is 0 Å². The molecule has 2 aromatic heterocycles. The van der Waals surface area contributed by atoms with E-state index in [9.17, 15) is 13.2 Å². The summed E-state index contributed by atoms with van der Waals surface area (Å²) in [5.41, 5.74) is 3.47. The molecule has 9 rings (SSSR count). The Morgan fingerprint density at radius 3 is 1.60 bits per heavy atom. The molecule has 9 aromatic rings. The third-order valence-electron chi connectivity index (χ3n) is 12.2. The Balaban J connectivity index is 1.09. The number of aromatic amines is 1. The van der Waals surface area contributed by atoms with Gasteiger partial charge in [-0.05, 0) is 76.7 Å². The molecule has 14 heteroatoms. The highest BCUT2D eigenvalue weighted by Gasteiger charge is 2.40. The van der Waals surface area contributed by atoms with Crippen LogP contribution in [0.3, 0.4) is 0 Å². The van der Waals surface area contributed by atoms with Crippen LogP contribution in [0.4, 0.5) is 5.95 Å². The van der Waals surface area contributed by atoms with Gasteiger partial charge in [-0.25, -0.2) is 4.98 Å². The van der Waals surface area contributed by atoms with Crippen LogP contribution in [0, 0.1) is 6.92 Å². The smallest absolute Gasteiger partial charge is 0.297 e. The fourth-order valence-corrected chi connectivity index (χ4v) is 9.56. The highest BCUT2D eigenvalue weighted by Crippen LogP contribution is 2.42. The normalized spacial score (nSPS) is 12.4. The lowest BCUT2D eigenvalue weighted by Crippen LogP contribution is -2.39. The number of nitrogens with one attached hydrogen (secondary N) is 2. The summed E-state index contributed by atoms with van der Waals surface area (Å²) >= 11 is 0. The van der Waals surface area contributed by atoms with Crippen LogP contribution in [0.15, 0.2) is 210 Å². The van der Waals surface area contributed by atoms with Gasteiger partial charge in [-0.15, -0.1) is 0 Å². The Kier molecular flexibility index (Phi) is 14.0. The van der Waals surface area contributed by atoms with Crippen molar-refractivity contribution in [3.05, 3.63) is 250 Å². The molecular formula is C56H51N5O8S. The number of rotatable bonds is 20. The first kappa shape index (κ1) is 47.2. The average molecular weight is 954 g/mol. The fourth-order valence-electron chi connectivity index (χ4n) is 8.63. The maximum atomic E-state index is 14.0. The number of hydrogen-bond acceptors (Lipinski definition) is 11. The summed E-state index contributed by atoms with van der Waals surface area (Å²) in [5.74, 6) is 1.51. The summed E-state index contributed by atoms with van der Waals surface area (Å²) in [6, 6.07) is 61.1. The molecule has 0 bridgehead atoms. The molecule has 0 saturated heterocycles. The molecule has 13 nitrogen and oxygen atoms in total. The molecule has 0 radical (unpaired) electrons. The molecule has 0 saturated carbocycles. The number of H-pyrrole nitrogens is 1. The van der Waals surface area contributed by atoms with E-state index >= 15 is 0 Å². The molecule has 0 fully saturated rings. The Morgan fingerprint density at radius 2 is 1.09 bits per heavy atom. The van der Waals surface area contributed by atoms with Crippen LogP contribution < -0.4 is 20.3 Å². The van der Waals surface area contributed by atoms with Crippen LogP contribution in [0.1, 0.15) is 38.9 Å². The van der Waals surface area contributed by atoms with E-state index in [2.05, 4.69) is 15.3 Å². The van der Waals surface area contributed by atoms with Gasteiger partial charge in [0.25, 0.3) is 15.7 Å². The second kappa shape index (κ2) is 20.8. The van der Waals surface area contributed by atoms with Crippen molar-refractivity contribution in [2.45, 2.75) is 35.8 Å². The summed E-state index contributed by atoms with van der Waals surface area (Å²) in [4.78, 5) is 26.3. The van der Waals surface area contributed by atoms with Crippen molar-refractivity contribution in [2.75, 3.05) is 32.8 Å². The third-order valence-corrected chi connectivity index (χ3v) is 13.5. The Hall–Kier alpha value is -7.88. The second-order valence-electron chi connectivity index (χ2n) is 16.6. The van der Waals surface area contributed by atoms with Crippen LogP contribution in [-0.4, -0.2) is 61.5 Å². The predicted octanol–water partition coefficient (Wildman–Crippen LogP) is 9.61. The highest BCUT2D eigenvalue weighted by molar-refractivity contribution is 7.86. The van der Waals surface area contributed by atoms with E-state index in [1.54, 1.807) is 30.9 Å². The van der Waals surface area contributed by atoms with Gasteiger partial charge in [-0.3, -0.25) is 18.5 Å². The van der Waals surface area contributed by atoms with Crippen molar-refractivity contribution < 1.29 is 31.5 Å². The zero-order chi connectivity index (χ0) is 48.6. The largest absolute Gasteiger partial charge is 0.497 e. The number of anilines is 1. The molecule has 0 spiro atoms.